The van der Waals surface area contributed by atoms with E-state index in [0.29, 0.717) is 5.76 Å². The van der Waals surface area contributed by atoms with Gasteiger partial charge in [-0.05, 0) is 36.4 Å². The standard InChI is InChI=1S/C16H13NO3/c1-19-14-9-7-12(8-10-14)15-11-17(16(18)20-15)13-5-3-2-4-6-13/h2-11H,1H3. The van der Waals surface area contributed by atoms with Gasteiger partial charge in [0.2, 0.25) is 0 Å². The van der Waals surface area contributed by atoms with Gasteiger partial charge in [-0.25, -0.2) is 9.36 Å². The van der Waals surface area contributed by atoms with Gasteiger partial charge in [0.15, 0.2) is 5.76 Å². The predicted molar refractivity (Wildman–Crippen MR) is 76.3 cm³/mol. The van der Waals surface area contributed by atoms with Crippen LogP contribution in [-0.4, -0.2) is 11.7 Å². The van der Waals surface area contributed by atoms with Crippen molar-refractivity contribution < 1.29 is 9.15 Å². The molecule has 0 spiro atoms. The maximum Gasteiger partial charge on any atom is 0.424 e. The van der Waals surface area contributed by atoms with E-state index in [1.165, 1.54) is 4.57 Å². The first kappa shape index (κ1) is 12.3. The first-order valence-electron chi connectivity index (χ1n) is 6.20. The second-order valence-electron chi connectivity index (χ2n) is 4.30. The van der Waals surface area contributed by atoms with E-state index in [1.807, 2.05) is 54.6 Å². The number of hydrogen-bond acceptors (Lipinski definition) is 3. The van der Waals surface area contributed by atoms with E-state index < -0.39 is 5.76 Å². The highest BCUT2D eigenvalue weighted by atomic mass is 16.5. The maximum atomic E-state index is 11.9. The molecule has 0 fully saturated rings. The zero-order chi connectivity index (χ0) is 13.9. The number of rotatable bonds is 3. The molecule has 0 unspecified atom stereocenters. The van der Waals surface area contributed by atoms with Crippen molar-refractivity contribution in [3.63, 3.8) is 0 Å². The van der Waals surface area contributed by atoms with Gasteiger partial charge in [-0.1, -0.05) is 18.2 Å². The number of benzene rings is 2. The second kappa shape index (κ2) is 5.09. The Hall–Kier alpha value is -2.75. The topological polar surface area (TPSA) is 44.4 Å². The molecule has 0 aliphatic carbocycles. The van der Waals surface area contributed by atoms with Crippen molar-refractivity contribution in [2.24, 2.45) is 0 Å². The highest BCUT2D eigenvalue weighted by Crippen LogP contribution is 2.22. The quantitative estimate of drug-likeness (QED) is 0.732. The summed E-state index contributed by atoms with van der Waals surface area (Å²) in [6, 6.07) is 16.7. The molecule has 3 aromatic rings. The van der Waals surface area contributed by atoms with E-state index in [-0.39, 0.29) is 0 Å². The van der Waals surface area contributed by atoms with Crippen molar-refractivity contribution in [3.05, 3.63) is 71.3 Å². The van der Waals surface area contributed by atoms with Crippen LogP contribution in [0.3, 0.4) is 0 Å². The molecular weight excluding hydrogens is 254 g/mol. The van der Waals surface area contributed by atoms with Crippen molar-refractivity contribution in [3.8, 4) is 22.8 Å². The smallest absolute Gasteiger partial charge is 0.424 e. The Labute approximate surface area is 115 Å². The average molecular weight is 267 g/mol. The third-order valence-corrected chi connectivity index (χ3v) is 3.05. The van der Waals surface area contributed by atoms with E-state index in [2.05, 4.69) is 0 Å². The van der Waals surface area contributed by atoms with Crippen LogP contribution in [0.1, 0.15) is 0 Å². The Morgan fingerprint density at radius 3 is 2.35 bits per heavy atom. The van der Waals surface area contributed by atoms with Gasteiger partial charge in [-0.2, -0.15) is 0 Å². The number of methoxy groups -OCH3 is 1. The summed E-state index contributed by atoms with van der Waals surface area (Å²) in [4.78, 5) is 11.9. The molecule has 4 nitrogen and oxygen atoms in total. The van der Waals surface area contributed by atoms with Crippen LogP contribution in [0.25, 0.3) is 17.0 Å². The van der Waals surface area contributed by atoms with E-state index in [0.717, 1.165) is 17.0 Å². The monoisotopic (exact) mass is 267 g/mol. The van der Waals surface area contributed by atoms with Crippen molar-refractivity contribution in [1.82, 2.24) is 4.57 Å². The number of hydrogen-bond donors (Lipinski definition) is 0. The molecule has 0 saturated carbocycles. The van der Waals surface area contributed by atoms with Gasteiger partial charge in [0.1, 0.15) is 5.75 Å². The van der Waals surface area contributed by atoms with Crippen LogP contribution in [0.5, 0.6) is 5.75 Å². The summed E-state index contributed by atoms with van der Waals surface area (Å²) >= 11 is 0. The Bertz CT molecular complexity index is 754. The maximum absolute atomic E-state index is 11.9. The van der Waals surface area contributed by atoms with Crippen LogP contribution in [0.2, 0.25) is 0 Å². The van der Waals surface area contributed by atoms with Crippen LogP contribution in [0.4, 0.5) is 0 Å². The molecule has 0 saturated heterocycles. The Balaban J connectivity index is 2.02. The first-order chi connectivity index (χ1) is 9.78. The molecule has 1 heterocycles. The lowest BCUT2D eigenvalue weighted by Crippen LogP contribution is -2.10. The number of aromatic nitrogens is 1. The third kappa shape index (κ3) is 2.23. The fourth-order valence-corrected chi connectivity index (χ4v) is 2.00. The fourth-order valence-electron chi connectivity index (χ4n) is 2.00. The highest BCUT2D eigenvalue weighted by molar-refractivity contribution is 5.58. The van der Waals surface area contributed by atoms with Gasteiger partial charge < -0.3 is 9.15 Å². The van der Waals surface area contributed by atoms with Gasteiger partial charge in [-0.15, -0.1) is 0 Å². The highest BCUT2D eigenvalue weighted by Gasteiger charge is 2.09. The first-order valence-corrected chi connectivity index (χ1v) is 6.20. The SMILES string of the molecule is COc1ccc(-c2cn(-c3ccccc3)c(=O)o2)cc1. The molecular formula is C16H13NO3. The normalized spacial score (nSPS) is 10.4. The van der Waals surface area contributed by atoms with Crippen LogP contribution in [0, 0.1) is 0 Å². The van der Waals surface area contributed by atoms with Crippen molar-refractivity contribution in [2.45, 2.75) is 0 Å². The molecule has 1 aromatic heterocycles. The Morgan fingerprint density at radius 1 is 1.00 bits per heavy atom. The molecule has 3 rings (SSSR count). The summed E-state index contributed by atoms with van der Waals surface area (Å²) in [7, 11) is 1.61. The molecule has 4 heteroatoms. The zero-order valence-corrected chi connectivity index (χ0v) is 10.9. The third-order valence-electron chi connectivity index (χ3n) is 3.05. The molecule has 0 aliphatic heterocycles. The van der Waals surface area contributed by atoms with E-state index in [9.17, 15) is 4.79 Å². The summed E-state index contributed by atoms with van der Waals surface area (Å²) in [5.41, 5.74) is 1.61. The zero-order valence-electron chi connectivity index (χ0n) is 10.9. The second-order valence-corrected chi connectivity index (χ2v) is 4.30. The molecule has 0 amide bonds. The largest absolute Gasteiger partial charge is 0.497 e. The minimum Gasteiger partial charge on any atom is -0.497 e. The van der Waals surface area contributed by atoms with Crippen molar-refractivity contribution in [1.29, 1.82) is 0 Å². The fraction of sp³-hybridized carbons (Fsp3) is 0.0625. The molecule has 0 aliphatic rings. The summed E-state index contributed by atoms with van der Waals surface area (Å²) in [6.45, 7) is 0. The van der Waals surface area contributed by atoms with Gasteiger partial charge in [0.05, 0.1) is 19.0 Å². The van der Waals surface area contributed by atoms with Gasteiger partial charge in [0, 0.05) is 5.56 Å². The molecule has 2 aromatic carbocycles. The summed E-state index contributed by atoms with van der Waals surface area (Å²) < 4.78 is 11.9. The molecule has 0 atom stereocenters. The molecule has 0 N–H and O–H groups in total. The van der Waals surface area contributed by atoms with Gasteiger partial charge in [0.25, 0.3) is 0 Å². The molecule has 0 radical (unpaired) electrons. The Kier molecular flexibility index (Phi) is 3.13. The minimum absolute atomic E-state index is 0.401. The van der Waals surface area contributed by atoms with Crippen molar-refractivity contribution in [2.75, 3.05) is 7.11 Å². The summed E-state index contributed by atoms with van der Waals surface area (Å²) in [5, 5.41) is 0. The van der Waals surface area contributed by atoms with Crippen LogP contribution >= 0.6 is 0 Å². The van der Waals surface area contributed by atoms with Crippen LogP contribution in [-0.2, 0) is 0 Å². The molecule has 0 bridgehead atoms. The summed E-state index contributed by atoms with van der Waals surface area (Å²) in [6.07, 6.45) is 1.69. The van der Waals surface area contributed by atoms with Crippen molar-refractivity contribution >= 4 is 0 Å². The number of ether oxygens (including phenoxy) is 1. The lowest BCUT2D eigenvalue weighted by Gasteiger charge is -2.00. The predicted octanol–water partition coefficient (Wildman–Crippen LogP) is 3.11. The van der Waals surface area contributed by atoms with E-state index >= 15 is 0 Å². The van der Waals surface area contributed by atoms with E-state index in [4.69, 9.17) is 9.15 Å². The van der Waals surface area contributed by atoms with Crippen LogP contribution in [0.15, 0.2) is 70.0 Å². The minimum atomic E-state index is -0.401. The lowest BCUT2D eigenvalue weighted by molar-refractivity contribution is 0.415. The Morgan fingerprint density at radius 2 is 1.70 bits per heavy atom. The molecule has 100 valence electrons. The summed E-state index contributed by atoms with van der Waals surface area (Å²) in [5.74, 6) is 0.891. The lowest BCUT2D eigenvalue weighted by atomic mass is 10.2. The average Bonchev–Trinajstić information content (AvgIpc) is 2.90. The van der Waals surface area contributed by atoms with Gasteiger partial charge >= 0.3 is 5.76 Å². The van der Waals surface area contributed by atoms with Gasteiger partial charge in [-0.3, -0.25) is 0 Å². The van der Waals surface area contributed by atoms with Crippen LogP contribution < -0.4 is 10.5 Å². The molecule has 20 heavy (non-hydrogen) atoms. The number of nitrogens with zero attached hydrogens (tertiary/aromatic N) is 1. The number of para-hydroxylation sites is 1. The number of oxazole rings is 1. The van der Waals surface area contributed by atoms with E-state index in [1.54, 1.807) is 13.3 Å².